The van der Waals surface area contributed by atoms with Gasteiger partial charge >= 0.3 is 0 Å². The van der Waals surface area contributed by atoms with E-state index in [4.69, 9.17) is 4.74 Å². The average molecular weight is 709 g/mol. The summed E-state index contributed by atoms with van der Waals surface area (Å²) < 4.78 is 6.09. The molecule has 1 atom stereocenters. The van der Waals surface area contributed by atoms with Crippen LogP contribution in [-0.4, -0.2) is 13.2 Å². The van der Waals surface area contributed by atoms with Gasteiger partial charge in [0.2, 0.25) is 0 Å². The van der Waals surface area contributed by atoms with Crippen LogP contribution in [0.2, 0.25) is 0 Å². The Morgan fingerprint density at radius 1 is 0.500 bits per heavy atom. The van der Waals surface area contributed by atoms with Crippen LogP contribution in [0.3, 0.4) is 0 Å². The van der Waals surface area contributed by atoms with Crippen molar-refractivity contribution in [1.82, 2.24) is 0 Å². The molecule has 0 aromatic heterocycles. The van der Waals surface area contributed by atoms with E-state index in [2.05, 4.69) is 221 Å². The zero-order valence-electron chi connectivity index (χ0n) is 32.8. The number of rotatable bonds is 9. The van der Waals surface area contributed by atoms with Crippen LogP contribution >= 0.6 is 0 Å². The monoisotopic (exact) mass is 708 g/mol. The largest absolute Gasteiger partial charge is 0.497 e. The fourth-order valence-electron chi connectivity index (χ4n) is 7.24. The normalized spacial score (nSPS) is 14.4. The molecule has 1 aliphatic rings. The fraction of sp³-hybridized carbons (Fsp3) is 0.216. The molecular weight excluding hydrogens is 657 g/mol. The Morgan fingerprint density at radius 2 is 0.981 bits per heavy atom. The number of benzene rings is 6. The summed E-state index contributed by atoms with van der Waals surface area (Å²) in [6.07, 6.45) is 7.87. The first-order valence-corrected chi connectivity index (χ1v) is 19.1. The van der Waals surface area contributed by atoms with Crippen molar-refractivity contribution in [1.29, 1.82) is 0 Å². The second kappa shape index (κ2) is 15.3. The van der Waals surface area contributed by atoms with Crippen molar-refractivity contribution in [2.45, 2.75) is 64.8 Å². The van der Waals surface area contributed by atoms with Gasteiger partial charge in [-0.3, -0.25) is 0 Å². The molecular formula is C51H52N2O. The molecule has 1 aliphatic carbocycles. The van der Waals surface area contributed by atoms with E-state index >= 15 is 0 Å². The molecule has 0 heterocycles. The van der Waals surface area contributed by atoms with Crippen molar-refractivity contribution in [2.75, 3.05) is 16.9 Å². The van der Waals surface area contributed by atoms with Gasteiger partial charge in [-0.1, -0.05) is 157 Å². The van der Waals surface area contributed by atoms with Crippen LogP contribution in [0.15, 0.2) is 170 Å². The molecule has 0 amide bonds. The van der Waals surface area contributed by atoms with E-state index in [0.29, 0.717) is 0 Å². The molecule has 272 valence electrons. The zero-order valence-corrected chi connectivity index (χ0v) is 32.8. The highest BCUT2D eigenvalue weighted by Crippen LogP contribution is 2.43. The number of allylic oxidation sites excluding steroid dienone is 2. The topological polar surface area (TPSA) is 15.7 Å². The van der Waals surface area contributed by atoms with Crippen LogP contribution in [-0.2, 0) is 10.8 Å². The van der Waals surface area contributed by atoms with Gasteiger partial charge in [0.15, 0.2) is 0 Å². The maximum Gasteiger partial charge on any atom is 0.123 e. The van der Waals surface area contributed by atoms with E-state index in [1.807, 2.05) is 0 Å². The fourth-order valence-corrected chi connectivity index (χ4v) is 7.24. The molecule has 3 heteroatoms. The highest BCUT2D eigenvalue weighted by molar-refractivity contribution is 5.83. The van der Waals surface area contributed by atoms with E-state index in [-0.39, 0.29) is 16.9 Å². The van der Waals surface area contributed by atoms with E-state index in [1.165, 1.54) is 33.4 Å². The summed E-state index contributed by atoms with van der Waals surface area (Å²) in [4.78, 5) is 4.81. The van der Waals surface area contributed by atoms with Crippen LogP contribution in [0.5, 0.6) is 5.75 Å². The Morgan fingerprint density at radius 3 is 1.48 bits per heavy atom. The summed E-state index contributed by atoms with van der Waals surface area (Å²) in [5, 5.41) is 0. The van der Waals surface area contributed by atoms with Crippen molar-refractivity contribution in [2.24, 2.45) is 0 Å². The molecule has 0 aliphatic heterocycles. The summed E-state index contributed by atoms with van der Waals surface area (Å²) >= 11 is 0. The van der Waals surface area contributed by atoms with Gasteiger partial charge in [-0.05, 0) is 93.1 Å². The molecule has 0 saturated carbocycles. The van der Waals surface area contributed by atoms with Crippen molar-refractivity contribution in [3.05, 3.63) is 187 Å². The number of ether oxygens (including phenoxy) is 1. The van der Waals surface area contributed by atoms with Gasteiger partial charge in [-0.15, -0.1) is 0 Å². The molecule has 6 aromatic carbocycles. The van der Waals surface area contributed by atoms with Crippen LogP contribution in [0.4, 0.5) is 28.4 Å². The van der Waals surface area contributed by atoms with Gasteiger partial charge < -0.3 is 14.5 Å². The molecule has 0 radical (unpaired) electrons. The lowest BCUT2D eigenvalue weighted by atomic mass is 9.87. The first kappa shape index (κ1) is 36.6. The molecule has 0 spiro atoms. The Hall–Kier alpha value is -5.80. The molecule has 0 fully saturated rings. The summed E-state index contributed by atoms with van der Waals surface area (Å²) in [6.45, 7) is 13.6. The standard InChI is InChI=1S/C51H52N2O/c1-50(2,3)41-22-30-45(31-23-41)52(43-26-18-39(19-27-43)37-14-10-8-11-15-37)47-34-48(36-49(35-47)54-7)53(46-32-24-42(25-33-46)51(4,5)6)44-28-20-40(21-29-44)38-16-12-9-13-17-38/h8-28,30-36,44H,29H2,1-7H3. The second-order valence-corrected chi connectivity index (χ2v) is 16.3. The Bertz CT molecular complexity index is 2220. The minimum atomic E-state index is 0.0508. The highest BCUT2D eigenvalue weighted by atomic mass is 16.5. The van der Waals surface area contributed by atoms with Crippen LogP contribution in [0.1, 0.15) is 64.7 Å². The van der Waals surface area contributed by atoms with Crippen molar-refractivity contribution in [3.63, 3.8) is 0 Å². The third kappa shape index (κ3) is 8.06. The van der Waals surface area contributed by atoms with Gasteiger partial charge in [-0.2, -0.15) is 0 Å². The molecule has 0 bridgehead atoms. The number of hydrogen-bond acceptors (Lipinski definition) is 3. The molecule has 3 nitrogen and oxygen atoms in total. The van der Waals surface area contributed by atoms with Crippen molar-refractivity contribution in [3.8, 4) is 16.9 Å². The number of anilines is 5. The summed E-state index contributed by atoms with van der Waals surface area (Å²) in [5.74, 6) is 0.802. The Kier molecular flexibility index (Phi) is 10.3. The lowest BCUT2D eigenvalue weighted by Gasteiger charge is -2.35. The third-order valence-electron chi connectivity index (χ3n) is 10.4. The molecule has 7 rings (SSSR count). The van der Waals surface area contributed by atoms with E-state index < -0.39 is 0 Å². The summed E-state index contributed by atoms with van der Waals surface area (Å²) in [5.41, 5.74) is 13.0. The molecule has 54 heavy (non-hydrogen) atoms. The lowest BCUT2D eigenvalue weighted by molar-refractivity contribution is 0.415. The van der Waals surface area contributed by atoms with E-state index in [1.54, 1.807) is 7.11 Å². The summed E-state index contributed by atoms with van der Waals surface area (Å²) in [7, 11) is 1.76. The minimum absolute atomic E-state index is 0.0508. The number of hydrogen-bond donors (Lipinski definition) is 0. The predicted molar refractivity (Wildman–Crippen MR) is 231 cm³/mol. The Labute approximate surface area is 322 Å². The third-order valence-corrected chi connectivity index (χ3v) is 10.4. The maximum atomic E-state index is 6.09. The quantitative estimate of drug-likeness (QED) is 0.149. The molecule has 0 saturated heterocycles. The average Bonchev–Trinajstić information content (AvgIpc) is 3.19. The van der Waals surface area contributed by atoms with E-state index in [9.17, 15) is 0 Å². The molecule has 6 aromatic rings. The van der Waals surface area contributed by atoms with Crippen LogP contribution in [0, 0.1) is 0 Å². The predicted octanol–water partition coefficient (Wildman–Crippen LogP) is 14.0. The van der Waals surface area contributed by atoms with E-state index in [0.717, 1.165) is 40.6 Å². The second-order valence-electron chi connectivity index (χ2n) is 16.3. The highest BCUT2D eigenvalue weighted by Gasteiger charge is 2.25. The van der Waals surface area contributed by atoms with Gasteiger partial charge in [-0.25, -0.2) is 0 Å². The molecule has 0 N–H and O–H groups in total. The van der Waals surface area contributed by atoms with Crippen LogP contribution in [0.25, 0.3) is 16.7 Å². The van der Waals surface area contributed by atoms with Gasteiger partial charge in [0.05, 0.1) is 18.8 Å². The summed E-state index contributed by atoms with van der Waals surface area (Å²) in [6, 6.07) is 54.9. The van der Waals surface area contributed by atoms with Crippen molar-refractivity contribution < 1.29 is 4.74 Å². The lowest BCUT2D eigenvalue weighted by Crippen LogP contribution is -2.30. The van der Waals surface area contributed by atoms with Crippen LogP contribution < -0.4 is 14.5 Å². The maximum absolute atomic E-state index is 6.09. The first-order valence-electron chi connectivity index (χ1n) is 19.1. The van der Waals surface area contributed by atoms with Crippen molar-refractivity contribution >= 4 is 34.0 Å². The smallest absolute Gasteiger partial charge is 0.123 e. The Balaban J connectivity index is 1.35. The van der Waals surface area contributed by atoms with Gasteiger partial charge in [0.1, 0.15) is 5.75 Å². The minimum Gasteiger partial charge on any atom is -0.497 e. The SMILES string of the molecule is COc1cc(N(c2ccc(-c3ccccc3)cc2)c2ccc(C(C)(C)C)cc2)cc(N(c2ccc(C(C)(C)C)cc2)C2C=CC(c3ccccc3)=CC2)c1. The number of methoxy groups -OCH3 is 1. The molecule has 1 unspecified atom stereocenters. The van der Waals surface area contributed by atoms with Gasteiger partial charge in [0, 0.05) is 34.9 Å². The zero-order chi connectivity index (χ0) is 37.9. The number of nitrogens with zero attached hydrogens (tertiary/aromatic N) is 2. The first-order chi connectivity index (χ1) is 26.0. The van der Waals surface area contributed by atoms with Gasteiger partial charge in [0.25, 0.3) is 0 Å².